The average molecular weight is 335 g/mol. The molecule has 0 aliphatic heterocycles. The minimum atomic E-state index is -0.749. The zero-order valence-corrected chi connectivity index (χ0v) is 14.6. The Hall–Kier alpha value is -1.10. The summed E-state index contributed by atoms with van der Waals surface area (Å²) in [5.41, 5.74) is -1.24. The second-order valence-electron chi connectivity index (χ2n) is 9.00. The van der Waals surface area contributed by atoms with Gasteiger partial charge in [-0.1, -0.05) is 12.8 Å². The van der Waals surface area contributed by atoms with E-state index >= 15 is 0 Å². The number of rotatable bonds is 4. The summed E-state index contributed by atoms with van der Waals surface area (Å²) in [7, 11) is 0. The smallest absolute Gasteiger partial charge is 0.312 e. The molecule has 0 unspecified atom stereocenters. The third-order valence-corrected chi connectivity index (χ3v) is 6.82. The molecule has 24 heavy (non-hydrogen) atoms. The van der Waals surface area contributed by atoms with Gasteiger partial charge in [0.05, 0.1) is 11.0 Å². The highest BCUT2D eigenvalue weighted by Gasteiger charge is 2.61. The molecule has 5 heteroatoms. The highest BCUT2D eigenvalue weighted by Crippen LogP contribution is 2.62. The number of carbonyl (C=O) groups excluding carboxylic acids is 2. The zero-order valence-electron chi connectivity index (χ0n) is 14.6. The van der Waals surface area contributed by atoms with Crippen LogP contribution in [0.2, 0.25) is 0 Å². The van der Waals surface area contributed by atoms with Gasteiger partial charge in [0.1, 0.15) is 0 Å². The van der Waals surface area contributed by atoms with Crippen LogP contribution in [-0.2, 0) is 14.3 Å². The molecule has 5 rings (SSSR count). The number of esters is 1. The Balaban J connectivity index is 1.39. The van der Waals surface area contributed by atoms with Crippen molar-refractivity contribution in [1.29, 1.82) is 0 Å². The van der Waals surface area contributed by atoms with Gasteiger partial charge in [-0.3, -0.25) is 9.59 Å². The molecule has 5 aliphatic rings. The zero-order chi connectivity index (χ0) is 16.9. The minimum Gasteiger partial charge on any atom is -0.452 e. The van der Waals surface area contributed by atoms with Gasteiger partial charge in [-0.05, 0) is 70.1 Å². The molecule has 134 valence electrons. The number of carbonyl (C=O) groups is 2. The number of aliphatic hydroxyl groups is 1. The Labute approximate surface area is 143 Å². The van der Waals surface area contributed by atoms with E-state index in [1.165, 1.54) is 0 Å². The quantitative estimate of drug-likeness (QED) is 0.773. The van der Waals surface area contributed by atoms with Gasteiger partial charge >= 0.3 is 5.97 Å². The van der Waals surface area contributed by atoms with Gasteiger partial charge in [0.2, 0.25) is 0 Å². The molecule has 5 nitrogen and oxygen atoms in total. The van der Waals surface area contributed by atoms with Crippen molar-refractivity contribution < 1.29 is 19.4 Å². The minimum absolute atomic E-state index is 0.182. The molecular formula is C19H29NO4. The van der Waals surface area contributed by atoms with Crippen LogP contribution in [0.3, 0.4) is 0 Å². The van der Waals surface area contributed by atoms with Crippen molar-refractivity contribution in [2.75, 3.05) is 0 Å². The summed E-state index contributed by atoms with van der Waals surface area (Å²) in [6.45, 7) is 1.66. The third kappa shape index (κ3) is 2.85. The maximum absolute atomic E-state index is 12.9. The van der Waals surface area contributed by atoms with Crippen molar-refractivity contribution in [1.82, 2.24) is 5.32 Å². The number of hydrogen-bond donors (Lipinski definition) is 2. The van der Waals surface area contributed by atoms with Crippen molar-refractivity contribution in [3.63, 3.8) is 0 Å². The molecule has 0 saturated heterocycles. The van der Waals surface area contributed by atoms with Gasteiger partial charge in [-0.15, -0.1) is 0 Å². The Morgan fingerprint density at radius 2 is 1.75 bits per heavy atom. The fourth-order valence-corrected chi connectivity index (χ4v) is 6.18. The van der Waals surface area contributed by atoms with E-state index in [4.69, 9.17) is 4.74 Å². The highest BCUT2D eigenvalue weighted by atomic mass is 16.5. The van der Waals surface area contributed by atoms with E-state index in [1.807, 2.05) is 0 Å². The van der Waals surface area contributed by atoms with Gasteiger partial charge in [0, 0.05) is 6.04 Å². The van der Waals surface area contributed by atoms with Crippen LogP contribution in [0.5, 0.6) is 0 Å². The first-order valence-corrected chi connectivity index (χ1v) is 9.61. The molecule has 2 N–H and O–H groups in total. The number of hydrogen-bond acceptors (Lipinski definition) is 4. The van der Waals surface area contributed by atoms with Crippen molar-refractivity contribution in [2.24, 2.45) is 17.3 Å². The van der Waals surface area contributed by atoms with E-state index in [1.54, 1.807) is 6.92 Å². The molecule has 5 aliphatic carbocycles. The average Bonchev–Trinajstić information content (AvgIpc) is 2.97. The Kier molecular flexibility index (Phi) is 3.90. The molecule has 5 fully saturated rings. The Morgan fingerprint density at radius 1 is 1.12 bits per heavy atom. The monoisotopic (exact) mass is 335 g/mol. The van der Waals surface area contributed by atoms with Crippen LogP contribution in [0.1, 0.15) is 71.1 Å². The van der Waals surface area contributed by atoms with Crippen LogP contribution in [0.15, 0.2) is 0 Å². The second kappa shape index (κ2) is 5.72. The van der Waals surface area contributed by atoms with Gasteiger partial charge in [-0.25, -0.2) is 0 Å². The number of ether oxygens (including phenoxy) is 1. The van der Waals surface area contributed by atoms with Crippen LogP contribution in [0.4, 0.5) is 0 Å². The predicted octanol–water partition coefficient (Wildman–Crippen LogP) is 2.31. The molecule has 0 aromatic heterocycles. The number of nitrogens with one attached hydrogen (secondary N) is 1. The van der Waals surface area contributed by atoms with Crippen molar-refractivity contribution in [2.45, 2.75) is 88.9 Å². The molecule has 0 aromatic rings. The van der Waals surface area contributed by atoms with Crippen molar-refractivity contribution >= 4 is 11.9 Å². The second-order valence-corrected chi connectivity index (χ2v) is 9.00. The van der Waals surface area contributed by atoms with E-state index in [9.17, 15) is 14.7 Å². The third-order valence-electron chi connectivity index (χ3n) is 6.82. The summed E-state index contributed by atoms with van der Waals surface area (Å²) in [4.78, 5) is 25.2. The summed E-state index contributed by atoms with van der Waals surface area (Å²) < 4.78 is 5.59. The van der Waals surface area contributed by atoms with Gasteiger partial charge in [0.15, 0.2) is 6.10 Å². The molecule has 0 aromatic carbocycles. The fourth-order valence-electron chi connectivity index (χ4n) is 6.18. The number of amides is 1. The molecule has 1 amide bonds. The topological polar surface area (TPSA) is 75.6 Å². The van der Waals surface area contributed by atoms with Gasteiger partial charge < -0.3 is 15.2 Å². The van der Waals surface area contributed by atoms with Crippen LogP contribution in [0.25, 0.3) is 0 Å². The summed E-state index contributed by atoms with van der Waals surface area (Å²) in [5, 5.41) is 13.8. The van der Waals surface area contributed by atoms with Crippen LogP contribution in [0, 0.1) is 17.3 Å². The van der Waals surface area contributed by atoms with E-state index in [0.29, 0.717) is 18.3 Å². The van der Waals surface area contributed by atoms with Crippen LogP contribution in [-0.4, -0.2) is 34.7 Å². The molecule has 0 radical (unpaired) electrons. The Morgan fingerprint density at radius 3 is 2.33 bits per heavy atom. The standard InChI is InChI=1S/C19H29NO4/c1-12(16(21)20-15-4-2-3-5-15)24-17(22)18-7-13-6-14(8-18)10-19(23,9-13)11-18/h12-15,23H,2-11H2,1H3,(H,20,21)/t12-,13+,14+,18?,19?/m0/s1. The summed E-state index contributed by atoms with van der Waals surface area (Å²) in [6.07, 6.45) is 8.56. The lowest BCUT2D eigenvalue weighted by Gasteiger charge is -2.58. The van der Waals surface area contributed by atoms with Crippen LogP contribution >= 0.6 is 0 Å². The Bertz CT molecular complexity index is 525. The lowest BCUT2D eigenvalue weighted by Crippen LogP contribution is -2.59. The summed E-state index contributed by atoms with van der Waals surface area (Å²) in [5.74, 6) is 0.431. The van der Waals surface area contributed by atoms with Crippen molar-refractivity contribution in [3.05, 3.63) is 0 Å². The first kappa shape index (κ1) is 16.4. The largest absolute Gasteiger partial charge is 0.452 e. The maximum Gasteiger partial charge on any atom is 0.312 e. The van der Waals surface area contributed by atoms with E-state index in [-0.39, 0.29) is 17.9 Å². The van der Waals surface area contributed by atoms with Crippen LogP contribution < -0.4 is 5.32 Å². The normalized spacial score (nSPS) is 42.1. The molecule has 3 atom stereocenters. The van der Waals surface area contributed by atoms with E-state index in [2.05, 4.69) is 5.32 Å². The first-order chi connectivity index (χ1) is 11.4. The maximum atomic E-state index is 12.9. The fraction of sp³-hybridized carbons (Fsp3) is 0.895. The van der Waals surface area contributed by atoms with Crippen molar-refractivity contribution in [3.8, 4) is 0 Å². The predicted molar refractivity (Wildman–Crippen MR) is 88.0 cm³/mol. The summed E-state index contributed by atoms with van der Waals surface area (Å²) >= 11 is 0. The van der Waals surface area contributed by atoms with E-state index < -0.39 is 17.1 Å². The first-order valence-electron chi connectivity index (χ1n) is 9.61. The SMILES string of the molecule is C[C@H](OC(=O)C12C[C@H]3C[C@@H](CC(O)(C3)C1)C2)C(=O)NC1CCCC1. The lowest BCUT2D eigenvalue weighted by atomic mass is 9.48. The van der Waals surface area contributed by atoms with Gasteiger partial charge in [0.25, 0.3) is 5.91 Å². The van der Waals surface area contributed by atoms with E-state index in [0.717, 1.165) is 57.8 Å². The summed E-state index contributed by atoms with van der Waals surface area (Å²) in [6, 6.07) is 0.235. The lowest BCUT2D eigenvalue weighted by molar-refractivity contribution is -0.200. The van der Waals surface area contributed by atoms with Gasteiger partial charge in [-0.2, -0.15) is 0 Å². The molecule has 4 bridgehead atoms. The molecule has 0 spiro atoms. The molecule has 5 saturated carbocycles. The molecular weight excluding hydrogens is 306 g/mol. The highest BCUT2D eigenvalue weighted by molar-refractivity contribution is 5.85. The molecule has 0 heterocycles.